The smallest absolute Gasteiger partial charge is 0.258 e. The normalized spacial score (nSPS) is 15.2. The number of halogens is 1. The van der Waals surface area contributed by atoms with Gasteiger partial charge in [0.05, 0.1) is 5.69 Å². The monoisotopic (exact) mass is 400 g/mol. The summed E-state index contributed by atoms with van der Waals surface area (Å²) >= 11 is 1.45. The van der Waals surface area contributed by atoms with E-state index in [-0.39, 0.29) is 17.3 Å². The first-order valence-corrected chi connectivity index (χ1v) is 10.2. The average Bonchev–Trinajstić information content (AvgIpc) is 3.17. The van der Waals surface area contributed by atoms with E-state index < -0.39 is 0 Å². The average molecular weight is 400 g/mol. The number of rotatable bonds is 5. The lowest BCUT2D eigenvalue weighted by molar-refractivity contribution is -0.133. The van der Waals surface area contributed by atoms with Crippen LogP contribution in [0.1, 0.15) is 17.7 Å². The molecule has 0 unspecified atom stereocenters. The number of piperazine rings is 1. The van der Waals surface area contributed by atoms with Gasteiger partial charge in [0, 0.05) is 56.8 Å². The summed E-state index contributed by atoms with van der Waals surface area (Å²) in [4.78, 5) is 33.9. The molecule has 0 bridgehead atoms. The van der Waals surface area contributed by atoms with Gasteiger partial charge in [-0.1, -0.05) is 12.1 Å². The van der Waals surface area contributed by atoms with Crippen LogP contribution in [-0.2, 0) is 17.8 Å². The minimum absolute atomic E-state index is 0.0594. The number of benzene rings is 1. The Hall–Kier alpha value is -2.58. The van der Waals surface area contributed by atoms with Crippen LogP contribution in [0.15, 0.2) is 46.7 Å². The molecule has 1 aliphatic heterocycles. The van der Waals surface area contributed by atoms with Gasteiger partial charge in [-0.25, -0.2) is 9.37 Å². The van der Waals surface area contributed by atoms with Crippen molar-refractivity contribution in [2.45, 2.75) is 19.4 Å². The second-order valence-corrected chi connectivity index (χ2v) is 7.80. The quantitative estimate of drug-likeness (QED) is 0.659. The van der Waals surface area contributed by atoms with E-state index >= 15 is 0 Å². The van der Waals surface area contributed by atoms with Crippen molar-refractivity contribution in [1.82, 2.24) is 19.2 Å². The molecule has 28 heavy (non-hydrogen) atoms. The minimum Gasteiger partial charge on any atom is -0.340 e. The van der Waals surface area contributed by atoms with Crippen LogP contribution < -0.4 is 5.56 Å². The van der Waals surface area contributed by atoms with Gasteiger partial charge < -0.3 is 4.90 Å². The van der Waals surface area contributed by atoms with E-state index in [1.165, 1.54) is 23.5 Å². The zero-order valence-electron chi connectivity index (χ0n) is 15.4. The summed E-state index contributed by atoms with van der Waals surface area (Å²) in [6.45, 7) is 3.47. The van der Waals surface area contributed by atoms with Crippen LogP contribution in [0.4, 0.5) is 4.39 Å². The van der Waals surface area contributed by atoms with Gasteiger partial charge in [0.1, 0.15) is 5.82 Å². The number of amides is 1. The summed E-state index contributed by atoms with van der Waals surface area (Å²) in [5, 5.41) is 1.85. The first-order valence-electron chi connectivity index (χ1n) is 9.29. The van der Waals surface area contributed by atoms with Crippen molar-refractivity contribution in [3.63, 3.8) is 0 Å². The Morgan fingerprint density at radius 1 is 1.14 bits per heavy atom. The van der Waals surface area contributed by atoms with Gasteiger partial charge >= 0.3 is 0 Å². The fraction of sp³-hybridized carbons (Fsp3) is 0.350. The number of aromatic nitrogens is 2. The molecule has 146 valence electrons. The second-order valence-electron chi connectivity index (χ2n) is 6.92. The van der Waals surface area contributed by atoms with Crippen LogP contribution in [-0.4, -0.2) is 51.3 Å². The Bertz CT molecular complexity index is 1020. The standard InChI is InChI=1S/C20H21FN4O2S/c21-16-4-1-15(2-5-16)3-6-18(26)24-9-7-23(8-10-24)14-17-13-19(27)25-11-12-28-20(25)22-17/h1-2,4-5,11-13H,3,6-10,14H2. The van der Waals surface area contributed by atoms with Gasteiger partial charge in [0.2, 0.25) is 5.91 Å². The molecule has 0 radical (unpaired) electrons. The van der Waals surface area contributed by atoms with Gasteiger partial charge in [-0.3, -0.25) is 18.9 Å². The number of aryl methyl sites for hydroxylation is 1. The first-order chi connectivity index (χ1) is 13.6. The second kappa shape index (κ2) is 8.20. The lowest BCUT2D eigenvalue weighted by Crippen LogP contribution is -2.48. The SMILES string of the molecule is O=C(CCc1ccc(F)cc1)N1CCN(Cc2cc(=O)n3ccsc3n2)CC1. The molecule has 4 rings (SSSR count). The summed E-state index contributed by atoms with van der Waals surface area (Å²) < 4.78 is 14.5. The molecule has 0 atom stereocenters. The van der Waals surface area contributed by atoms with Crippen LogP contribution in [0, 0.1) is 5.82 Å². The first kappa shape index (κ1) is 18.8. The minimum atomic E-state index is -0.262. The van der Waals surface area contributed by atoms with E-state index in [4.69, 9.17) is 0 Å². The van der Waals surface area contributed by atoms with E-state index in [1.807, 2.05) is 10.3 Å². The Morgan fingerprint density at radius 2 is 1.89 bits per heavy atom. The molecule has 0 spiro atoms. The molecule has 0 aliphatic carbocycles. The van der Waals surface area contributed by atoms with Crippen LogP contribution >= 0.6 is 11.3 Å². The van der Waals surface area contributed by atoms with Crippen molar-refractivity contribution in [2.24, 2.45) is 0 Å². The molecule has 3 aromatic rings. The van der Waals surface area contributed by atoms with Crippen LogP contribution in [0.3, 0.4) is 0 Å². The lowest BCUT2D eigenvalue weighted by atomic mass is 10.1. The van der Waals surface area contributed by atoms with E-state index in [0.717, 1.165) is 24.3 Å². The molecule has 0 saturated carbocycles. The number of hydrogen-bond acceptors (Lipinski definition) is 5. The molecule has 8 heteroatoms. The fourth-order valence-corrected chi connectivity index (χ4v) is 4.15. The third-order valence-corrected chi connectivity index (χ3v) is 5.76. The van der Waals surface area contributed by atoms with Crippen molar-refractivity contribution in [3.8, 4) is 0 Å². The highest BCUT2D eigenvalue weighted by Gasteiger charge is 2.21. The Morgan fingerprint density at radius 3 is 2.64 bits per heavy atom. The molecule has 1 saturated heterocycles. The predicted molar refractivity (Wildman–Crippen MR) is 106 cm³/mol. The Labute approximate surface area is 165 Å². The molecular weight excluding hydrogens is 379 g/mol. The van der Waals surface area contributed by atoms with Crippen LogP contribution in [0.2, 0.25) is 0 Å². The van der Waals surface area contributed by atoms with Crippen molar-refractivity contribution >= 4 is 22.2 Å². The van der Waals surface area contributed by atoms with Gasteiger partial charge in [0.15, 0.2) is 4.96 Å². The molecule has 1 aromatic carbocycles. The third kappa shape index (κ3) is 4.28. The van der Waals surface area contributed by atoms with E-state index in [0.29, 0.717) is 37.4 Å². The van der Waals surface area contributed by atoms with Gasteiger partial charge in [-0.05, 0) is 24.1 Å². The number of carbonyl (C=O) groups excluding carboxylic acids is 1. The summed E-state index contributed by atoms with van der Waals surface area (Å²) in [6.07, 6.45) is 2.78. The van der Waals surface area contributed by atoms with E-state index in [2.05, 4.69) is 9.88 Å². The molecule has 1 fully saturated rings. The van der Waals surface area contributed by atoms with E-state index in [1.54, 1.807) is 28.8 Å². The molecule has 1 aliphatic rings. The predicted octanol–water partition coefficient (Wildman–Crippen LogP) is 2.17. The molecule has 6 nitrogen and oxygen atoms in total. The lowest BCUT2D eigenvalue weighted by Gasteiger charge is -2.34. The molecule has 3 heterocycles. The van der Waals surface area contributed by atoms with Gasteiger partial charge in [-0.15, -0.1) is 11.3 Å². The fourth-order valence-electron chi connectivity index (χ4n) is 3.41. The zero-order chi connectivity index (χ0) is 19.5. The third-order valence-electron chi connectivity index (χ3n) is 5.01. The maximum Gasteiger partial charge on any atom is 0.258 e. The zero-order valence-corrected chi connectivity index (χ0v) is 16.2. The van der Waals surface area contributed by atoms with Crippen LogP contribution in [0.25, 0.3) is 4.96 Å². The molecular formula is C20H21FN4O2S. The highest BCUT2D eigenvalue weighted by atomic mass is 32.1. The number of nitrogens with zero attached hydrogens (tertiary/aromatic N) is 4. The highest BCUT2D eigenvalue weighted by molar-refractivity contribution is 7.15. The number of thiazole rings is 1. The van der Waals surface area contributed by atoms with Crippen molar-refractivity contribution < 1.29 is 9.18 Å². The number of fused-ring (bicyclic) bond motifs is 1. The van der Waals surface area contributed by atoms with Crippen molar-refractivity contribution in [3.05, 3.63) is 69.3 Å². The van der Waals surface area contributed by atoms with Crippen LogP contribution in [0.5, 0.6) is 0 Å². The molecule has 0 N–H and O–H groups in total. The summed E-state index contributed by atoms with van der Waals surface area (Å²) in [5.74, 6) is -0.137. The highest BCUT2D eigenvalue weighted by Crippen LogP contribution is 2.12. The summed E-state index contributed by atoms with van der Waals surface area (Å²) in [6, 6.07) is 7.87. The Balaban J connectivity index is 1.28. The largest absolute Gasteiger partial charge is 0.340 e. The van der Waals surface area contributed by atoms with Gasteiger partial charge in [-0.2, -0.15) is 0 Å². The van der Waals surface area contributed by atoms with Crippen molar-refractivity contribution in [2.75, 3.05) is 26.2 Å². The topological polar surface area (TPSA) is 57.9 Å². The Kier molecular flexibility index (Phi) is 5.50. The number of hydrogen-bond donors (Lipinski definition) is 0. The van der Waals surface area contributed by atoms with Crippen molar-refractivity contribution in [1.29, 1.82) is 0 Å². The van der Waals surface area contributed by atoms with Gasteiger partial charge in [0.25, 0.3) is 5.56 Å². The summed E-state index contributed by atoms with van der Waals surface area (Å²) in [5.41, 5.74) is 1.68. The molecule has 1 amide bonds. The summed E-state index contributed by atoms with van der Waals surface area (Å²) in [7, 11) is 0. The van der Waals surface area contributed by atoms with E-state index in [9.17, 15) is 14.0 Å². The molecule has 2 aromatic heterocycles. The number of carbonyl (C=O) groups is 1. The maximum absolute atomic E-state index is 12.9. The maximum atomic E-state index is 12.9.